The predicted molar refractivity (Wildman–Crippen MR) is 50.2 cm³/mol. The Kier molecular flexibility index (Phi) is 3.93. The van der Waals surface area contributed by atoms with Gasteiger partial charge in [-0.25, -0.2) is 9.18 Å². The number of carbonyl (C=O) groups excluding carboxylic acids is 1. The van der Waals surface area contributed by atoms with Crippen molar-refractivity contribution in [1.82, 2.24) is 0 Å². The topological polar surface area (TPSA) is 49.7 Å². The van der Waals surface area contributed by atoms with E-state index in [-0.39, 0.29) is 12.1 Å². The van der Waals surface area contributed by atoms with Crippen LogP contribution in [0.25, 0.3) is 0 Å². The molecule has 0 fully saturated rings. The van der Waals surface area contributed by atoms with Crippen LogP contribution in [0.4, 0.5) is 36.4 Å². The van der Waals surface area contributed by atoms with Crippen molar-refractivity contribution in [2.24, 2.45) is 4.99 Å². The van der Waals surface area contributed by atoms with Crippen molar-refractivity contribution < 1.29 is 40.6 Å². The molecule has 0 atom stereocenters. The second kappa shape index (κ2) is 4.88. The molecule has 0 saturated carbocycles. The molecule has 0 heterocycles. The van der Waals surface area contributed by atoms with Gasteiger partial charge in [0.1, 0.15) is 11.5 Å². The lowest BCUT2D eigenvalue weighted by Crippen LogP contribution is -2.53. The van der Waals surface area contributed by atoms with Gasteiger partial charge in [-0.05, 0) is 12.1 Å². The Labute approximate surface area is 106 Å². The van der Waals surface area contributed by atoms with Gasteiger partial charge >= 0.3 is 12.4 Å². The van der Waals surface area contributed by atoms with Crippen LogP contribution in [0, 0.1) is 5.82 Å². The monoisotopic (exact) mass is 303 g/mol. The van der Waals surface area contributed by atoms with Crippen molar-refractivity contribution in [3.05, 3.63) is 29.6 Å². The van der Waals surface area contributed by atoms with E-state index < -0.39 is 35.0 Å². The molecule has 0 bridgehead atoms. The maximum atomic E-state index is 13.2. The molecule has 10 heteroatoms. The molecular weight excluding hydrogens is 299 g/mol. The second-order valence-electron chi connectivity index (χ2n) is 3.58. The van der Waals surface area contributed by atoms with Crippen molar-refractivity contribution in [2.45, 2.75) is 18.0 Å². The molecule has 0 amide bonds. The van der Waals surface area contributed by atoms with Crippen LogP contribution in [0.2, 0.25) is 0 Å². The molecule has 0 aliphatic rings. The fourth-order valence-corrected chi connectivity index (χ4v) is 1.36. The maximum Gasteiger partial charge on any atom is 0.430 e. The lowest BCUT2D eigenvalue weighted by atomic mass is 9.92. The summed E-state index contributed by atoms with van der Waals surface area (Å²) in [6.45, 7) is 0. The SMILES string of the molecule is O=C=Nc1ccc(C(O)(C(F)(F)F)C(F)(F)F)cc1F. The number of alkyl halides is 6. The molecule has 1 aromatic rings. The van der Waals surface area contributed by atoms with Crippen LogP contribution in [0.1, 0.15) is 5.56 Å². The summed E-state index contributed by atoms with van der Waals surface area (Å²) in [7, 11) is 0. The van der Waals surface area contributed by atoms with Crippen LogP contribution in [-0.2, 0) is 10.4 Å². The molecular formula is C10H4F7NO2. The summed E-state index contributed by atoms with van der Waals surface area (Å²) < 4.78 is 88.2. The van der Waals surface area contributed by atoms with E-state index in [0.29, 0.717) is 6.07 Å². The highest BCUT2D eigenvalue weighted by molar-refractivity contribution is 5.51. The Balaban J connectivity index is 3.53. The Morgan fingerprint density at radius 3 is 1.90 bits per heavy atom. The number of aliphatic imine (C=N–C) groups is 1. The summed E-state index contributed by atoms with van der Waals surface area (Å²) in [5, 5.41) is 8.98. The van der Waals surface area contributed by atoms with E-state index in [4.69, 9.17) is 5.11 Å². The van der Waals surface area contributed by atoms with Crippen molar-refractivity contribution in [1.29, 1.82) is 0 Å². The first-order valence-corrected chi connectivity index (χ1v) is 4.69. The number of nitrogens with zero attached hydrogens (tertiary/aromatic N) is 1. The summed E-state index contributed by atoms with van der Waals surface area (Å²) in [6.07, 6.45) is -11.4. The molecule has 1 N–H and O–H groups in total. The largest absolute Gasteiger partial charge is 0.430 e. The molecule has 0 radical (unpaired) electrons. The number of benzene rings is 1. The van der Waals surface area contributed by atoms with E-state index in [1.165, 1.54) is 0 Å². The zero-order chi connectivity index (χ0) is 15.8. The van der Waals surface area contributed by atoms with Crippen molar-refractivity contribution in [3.8, 4) is 0 Å². The first-order valence-electron chi connectivity index (χ1n) is 4.69. The summed E-state index contributed by atoms with van der Waals surface area (Å²) in [5.74, 6) is -1.64. The molecule has 0 aliphatic heterocycles. The van der Waals surface area contributed by atoms with E-state index in [1.807, 2.05) is 0 Å². The second-order valence-corrected chi connectivity index (χ2v) is 3.58. The maximum absolute atomic E-state index is 13.2. The summed E-state index contributed by atoms with van der Waals surface area (Å²) in [5.41, 5.74) is -7.82. The lowest BCUT2D eigenvalue weighted by molar-refractivity contribution is -0.376. The van der Waals surface area contributed by atoms with Gasteiger partial charge in [-0.1, -0.05) is 6.07 Å². The molecule has 0 saturated heterocycles. The van der Waals surface area contributed by atoms with E-state index in [1.54, 1.807) is 0 Å². The molecule has 3 nitrogen and oxygen atoms in total. The van der Waals surface area contributed by atoms with Crippen LogP contribution in [-0.4, -0.2) is 23.5 Å². The van der Waals surface area contributed by atoms with Crippen LogP contribution in [0.5, 0.6) is 0 Å². The van der Waals surface area contributed by atoms with Crippen LogP contribution in [0.15, 0.2) is 23.2 Å². The quantitative estimate of drug-likeness (QED) is 0.518. The average Bonchev–Trinajstić information content (AvgIpc) is 2.28. The highest BCUT2D eigenvalue weighted by atomic mass is 19.4. The number of hydrogen-bond donors (Lipinski definition) is 1. The minimum atomic E-state index is -6.12. The zero-order valence-corrected chi connectivity index (χ0v) is 9.18. The Morgan fingerprint density at radius 2 is 1.55 bits per heavy atom. The molecule has 20 heavy (non-hydrogen) atoms. The molecule has 0 unspecified atom stereocenters. The Bertz CT molecular complexity index is 544. The first-order chi connectivity index (χ1) is 8.95. The third-order valence-electron chi connectivity index (χ3n) is 2.35. The van der Waals surface area contributed by atoms with Gasteiger partial charge in [0.2, 0.25) is 6.08 Å². The third kappa shape index (κ3) is 2.52. The lowest BCUT2D eigenvalue weighted by Gasteiger charge is -2.32. The van der Waals surface area contributed by atoms with E-state index in [0.717, 1.165) is 6.08 Å². The van der Waals surface area contributed by atoms with Gasteiger partial charge in [0.25, 0.3) is 5.60 Å². The normalized spacial score (nSPS) is 13.0. The summed E-state index contributed by atoms with van der Waals surface area (Å²) in [4.78, 5) is 12.6. The highest BCUT2D eigenvalue weighted by Crippen LogP contribution is 2.50. The number of rotatable bonds is 2. The molecule has 0 aromatic heterocycles. The predicted octanol–water partition coefficient (Wildman–Crippen LogP) is 3.11. The third-order valence-corrected chi connectivity index (χ3v) is 2.35. The smallest absolute Gasteiger partial charge is 0.369 e. The standard InChI is InChI=1S/C10H4F7NO2/c11-6-3-5(1-2-7(6)18-4-19)8(20,9(12,13)14)10(15,16)17/h1-3,20H. The highest BCUT2D eigenvalue weighted by Gasteiger charge is 2.71. The van der Waals surface area contributed by atoms with Gasteiger partial charge in [-0.3, -0.25) is 0 Å². The van der Waals surface area contributed by atoms with Crippen molar-refractivity contribution in [2.75, 3.05) is 0 Å². The van der Waals surface area contributed by atoms with Crippen LogP contribution in [0.3, 0.4) is 0 Å². The average molecular weight is 303 g/mol. The molecule has 110 valence electrons. The van der Waals surface area contributed by atoms with Gasteiger partial charge in [-0.2, -0.15) is 31.3 Å². The van der Waals surface area contributed by atoms with Gasteiger partial charge in [-0.15, -0.1) is 0 Å². The molecule has 0 spiro atoms. The number of aliphatic hydroxyl groups is 1. The van der Waals surface area contributed by atoms with Crippen molar-refractivity contribution >= 4 is 11.8 Å². The minimum absolute atomic E-state index is 0.167. The summed E-state index contributed by atoms with van der Waals surface area (Å²) in [6, 6.07) is 0.357. The molecule has 0 aliphatic carbocycles. The van der Waals surface area contributed by atoms with E-state index in [2.05, 4.69) is 4.99 Å². The molecule has 1 aromatic carbocycles. The van der Waals surface area contributed by atoms with Gasteiger partial charge in [0.05, 0.1) is 0 Å². The van der Waals surface area contributed by atoms with E-state index in [9.17, 15) is 35.5 Å². The van der Waals surface area contributed by atoms with Crippen LogP contribution < -0.4 is 0 Å². The Hall–Kier alpha value is -1.93. The molecule has 1 rings (SSSR count). The summed E-state index contributed by atoms with van der Waals surface area (Å²) >= 11 is 0. The zero-order valence-electron chi connectivity index (χ0n) is 9.18. The number of hydrogen-bond acceptors (Lipinski definition) is 3. The number of halogens is 7. The first kappa shape index (κ1) is 16.1. The fourth-order valence-electron chi connectivity index (χ4n) is 1.36. The van der Waals surface area contributed by atoms with Gasteiger partial charge in [0, 0.05) is 5.56 Å². The fraction of sp³-hybridized carbons (Fsp3) is 0.300. The van der Waals surface area contributed by atoms with Crippen LogP contribution >= 0.6 is 0 Å². The Morgan fingerprint density at radius 1 is 1.05 bits per heavy atom. The van der Waals surface area contributed by atoms with Crippen molar-refractivity contribution in [3.63, 3.8) is 0 Å². The number of isocyanates is 1. The van der Waals surface area contributed by atoms with Gasteiger partial charge < -0.3 is 5.11 Å². The van der Waals surface area contributed by atoms with E-state index >= 15 is 0 Å². The van der Waals surface area contributed by atoms with Gasteiger partial charge in [0.15, 0.2) is 0 Å². The minimum Gasteiger partial charge on any atom is -0.369 e.